The number of rotatable bonds is 3. The number of hydrogen-bond donors (Lipinski definition) is 3. The molecule has 0 fully saturated rings. The van der Waals surface area contributed by atoms with Gasteiger partial charge in [0.05, 0.1) is 16.1 Å². The highest BCUT2D eigenvalue weighted by molar-refractivity contribution is 6.31. The molecule has 0 aliphatic heterocycles. The summed E-state index contributed by atoms with van der Waals surface area (Å²) in [6, 6.07) is 7.52. The summed E-state index contributed by atoms with van der Waals surface area (Å²) in [5.74, 6) is -1.17. The molecule has 3 N–H and O–H groups in total. The van der Waals surface area contributed by atoms with E-state index < -0.39 is 28.8 Å². The molecule has 0 aliphatic rings. The number of aromatic carboxylic acids is 1. The van der Waals surface area contributed by atoms with E-state index in [0.29, 0.717) is 6.07 Å². The van der Waals surface area contributed by atoms with E-state index in [2.05, 4.69) is 10.6 Å². The first kappa shape index (κ1) is 17.6. The van der Waals surface area contributed by atoms with Gasteiger partial charge < -0.3 is 15.7 Å². The monoisotopic (exact) mass is 358 g/mol. The maximum absolute atomic E-state index is 12.8. The average Bonchev–Trinajstić information content (AvgIpc) is 2.48. The summed E-state index contributed by atoms with van der Waals surface area (Å²) in [6.07, 6.45) is -4.65. The van der Waals surface area contributed by atoms with Crippen molar-refractivity contribution in [1.29, 1.82) is 0 Å². The number of alkyl halides is 3. The molecule has 5 nitrogen and oxygen atoms in total. The smallest absolute Gasteiger partial charge is 0.417 e. The second-order valence-electron chi connectivity index (χ2n) is 4.66. The molecule has 0 aromatic heterocycles. The molecule has 0 saturated carbocycles. The average molecular weight is 359 g/mol. The molecule has 0 spiro atoms. The maximum atomic E-state index is 12.8. The van der Waals surface area contributed by atoms with Gasteiger partial charge in [0, 0.05) is 11.4 Å². The SMILES string of the molecule is O=C(Nc1cccc(C(=O)O)c1)Nc1ccc(Cl)c(C(F)(F)F)c1. The van der Waals surface area contributed by atoms with Crippen LogP contribution in [0.1, 0.15) is 15.9 Å². The van der Waals surface area contributed by atoms with Crippen molar-refractivity contribution in [1.82, 2.24) is 0 Å². The third kappa shape index (κ3) is 4.39. The molecule has 0 bridgehead atoms. The third-order valence-electron chi connectivity index (χ3n) is 2.90. The molecule has 0 radical (unpaired) electrons. The quantitative estimate of drug-likeness (QED) is 0.744. The van der Waals surface area contributed by atoms with Gasteiger partial charge in [-0.05, 0) is 36.4 Å². The van der Waals surface area contributed by atoms with Gasteiger partial charge in [0.15, 0.2) is 0 Å². The minimum absolute atomic E-state index is 0.0429. The molecule has 2 rings (SSSR count). The van der Waals surface area contributed by atoms with Gasteiger partial charge in [0.25, 0.3) is 0 Å². The van der Waals surface area contributed by atoms with E-state index in [0.717, 1.165) is 6.07 Å². The lowest BCUT2D eigenvalue weighted by Crippen LogP contribution is -2.20. The molecular formula is C15H10ClF3N2O3. The van der Waals surface area contributed by atoms with Crippen LogP contribution in [0.2, 0.25) is 5.02 Å². The van der Waals surface area contributed by atoms with Crippen LogP contribution in [-0.2, 0) is 6.18 Å². The van der Waals surface area contributed by atoms with Crippen LogP contribution >= 0.6 is 11.6 Å². The van der Waals surface area contributed by atoms with E-state index in [1.807, 2.05) is 0 Å². The fraction of sp³-hybridized carbons (Fsp3) is 0.0667. The van der Waals surface area contributed by atoms with Gasteiger partial charge in [-0.2, -0.15) is 13.2 Å². The summed E-state index contributed by atoms with van der Waals surface area (Å²) >= 11 is 5.49. The van der Waals surface area contributed by atoms with Gasteiger partial charge in [0.1, 0.15) is 0 Å². The molecule has 0 heterocycles. The van der Waals surface area contributed by atoms with Crippen LogP contribution in [-0.4, -0.2) is 17.1 Å². The van der Waals surface area contributed by atoms with Crippen molar-refractivity contribution in [3.63, 3.8) is 0 Å². The molecule has 0 unspecified atom stereocenters. The molecule has 2 aromatic rings. The van der Waals surface area contributed by atoms with Crippen molar-refractivity contribution in [2.45, 2.75) is 6.18 Å². The van der Waals surface area contributed by atoms with E-state index in [4.69, 9.17) is 16.7 Å². The molecule has 2 aromatic carbocycles. The van der Waals surface area contributed by atoms with Crippen LogP contribution in [0, 0.1) is 0 Å². The van der Waals surface area contributed by atoms with Gasteiger partial charge in [-0.25, -0.2) is 9.59 Å². The van der Waals surface area contributed by atoms with Crippen molar-refractivity contribution < 1.29 is 27.9 Å². The first-order chi connectivity index (χ1) is 11.2. The van der Waals surface area contributed by atoms with Crippen molar-refractivity contribution in [3.05, 3.63) is 58.6 Å². The fourth-order valence-corrected chi connectivity index (χ4v) is 2.07. The lowest BCUT2D eigenvalue weighted by molar-refractivity contribution is -0.137. The second kappa shape index (κ2) is 6.79. The highest BCUT2D eigenvalue weighted by Gasteiger charge is 2.33. The Morgan fingerprint density at radius 3 is 2.21 bits per heavy atom. The van der Waals surface area contributed by atoms with E-state index in [-0.39, 0.29) is 16.9 Å². The summed E-state index contributed by atoms with van der Waals surface area (Å²) in [5, 5.41) is 12.9. The molecule has 24 heavy (non-hydrogen) atoms. The number of carboxylic acids is 1. The highest BCUT2D eigenvalue weighted by Crippen LogP contribution is 2.36. The van der Waals surface area contributed by atoms with Crippen molar-refractivity contribution >= 4 is 35.0 Å². The lowest BCUT2D eigenvalue weighted by Gasteiger charge is -2.12. The van der Waals surface area contributed by atoms with Crippen LogP contribution in [0.15, 0.2) is 42.5 Å². The van der Waals surface area contributed by atoms with E-state index in [9.17, 15) is 22.8 Å². The first-order valence-corrected chi connectivity index (χ1v) is 6.83. The number of amides is 2. The second-order valence-corrected chi connectivity index (χ2v) is 5.06. The van der Waals surface area contributed by atoms with Gasteiger partial charge >= 0.3 is 18.2 Å². The lowest BCUT2D eigenvalue weighted by atomic mass is 10.2. The third-order valence-corrected chi connectivity index (χ3v) is 3.23. The zero-order valence-corrected chi connectivity index (χ0v) is 12.6. The Morgan fingerprint density at radius 2 is 1.62 bits per heavy atom. The largest absolute Gasteiger partial charge is 0.478 e. The van der Waals surface area contributed by atoms with Gasteiger partial charge in [-0.3, -0.25) is 0 Å². The zero-order chi connectivity index (χ0) is 17.9. The predicted molar refractivity (Wildman–Crippen MR) is 82.5 cm³/mol. The Kier molecular flexibility index (Phi) is 4.99. The molecule has 0 aliphatic carbocycles. The Bertz CT molecular complexity index is 794. The van der Waals surface area contributed by atoms with E-state index >= 15 is 0 Å². The van der Waals surface area contributed by atoms with Crippen LogP contribution in [0.25, 0.3) is 0 Å². The number of hydrogen-bond acceptors (Lipinski definition) is 2. The number of carbonyl (C=O) groups excluding carboxylic acids is 1. The first-order valence-electron chi connectivity index (χ1n) is 6.45. The standard InChI is InChI=1S/C15H10ClF3N2O3/c16-12-5-4-10(7-11(12)15(17,18)19)21-14(24)20-9-3-1-2-8(6-9)13(22)23/h1-7H,(H,22,23)(H2,20,21,24). The van der Waals surface area contributed by atoms with Gasteiger partial charge in [-0.1, -0.05) is 17.7 Å². The molecular weight excluding hydrogens is 349 g/mol. The number of anilines is 2. The van der Waals surface area contributed by atoms with Gasteiger partial charge in [0.2, 0.25) is 0 Å². The number of nitrogens with one attached hydrogen (secondary N) is 2. The Morgan fingerprint density at radius 1 is 1.00 bits per heavy atom. The topological polar surface area (TPSA) is 78.4 Å². The molecule has 0 saturated heterocycles. The van der Waals surface area contributed by atoms with Crippen molar-refractivity contribution in [2.24, 2.45) is 0 Å². The van der Waals surface area contributed by atoms with Crippen molar-refractivity contribution in [2.75, 3.05) is 10.6 Å². The summed E-state index contributed by atoms with van der Waals surface area (Å²) < 4.78 is 38.3. The minimum atomic E-state index is -4.65. The van der Waals surface area contributed by atoms with Crippen molar-refractivity contribution in [3.8, 4) is 0 Å². The summed E-state index contributed by atoms with van der Waals surface area (Å²) in [6.45, 7) is 0. The Hall–Kier alpha value is -2.74. The Balaban J connectivity index is 2.13. The number of carbonyl (C=O) groups is 2. The van der Waals surface area contributed by atoms with E-state index in [1.165, 1.54) is 30.3 Å². The van der Waals surface area contributed by atoms with Crippen LogP contribution in [0.5, 0.6) is 0 Å². The highest BCUT2D eigenvalue weighted by atomic mass is 35.5. The summed E-state index contributed by atoms with van der Waals surface area (Å²) in [5.41, 5.74) is -1.05. The molecule has 0 atom stereocenters. The predicted octanol–water partition coefficient (Wildman–Crippen LogP) is 4.70. The number of benzene rings is 2. The number of halogens is 4. The zero-order valence-electron chi connectivity index (χ0n) is 11.8. The minimum Gasteiger partial charge on any atom is -0.478 e. The van der Waals surface area contributed by atoms with Crippen LogP contribution < -0.4 is 10.6 Å². The van der Waals surface area contributed by atoms with Crippen LogP contribution in [0.4, 0.5) is 29.3 Å². The Labute approximate surface area is 139 Å². The summed E-state index contributed by atoms with van der Waals surface area (Å²) in [7, 11) is 0. The number of urea groups is 1. The summed E-state index contributed by atoms with van der Waals surface area (Å²) in [4.78, 5) is 22.7. The van der Waals surface area contributed by atoms with E-state index in [1.54, 1.807) is 0 Å². The molecule has 9 heteroatoms. The molecule has 126 valence electrons. The fourth-order valence-electron chi connectivity index (χ4n) is 1.84. The normalized spacial score (nSPS) is 11.0. The molecule has 2 amide bonds. The number of carboxylic acid groups (broad SMARTS) is 1. The maximum Gasteiger partial charge on any atom is 0.417 e. The van der Waals surface area contributed by atoms with Crippen LogP contribution in [0.3, 0.4) is 0 Å². The van der Waals surface area contributed by atoms with Gasteiger partial charge in [-0.15, -0.1) is 0 Å².